The Bertz CT molecular complexity index is 458. The highest BCUT2D eigenvalue weighted by molar-refractivity contribution is 5.84. The van der Waals surface area contributed by atoms with Crippen molar-refractivity contribution in [3.05, 3.63) is 6.20 Å². The van der Waals surface area contributed by atoms with Crippen LogP contribution in [0.5, 0.6) is 0 Å². The minimum absolute atomic E-state index is 0.0231. The Morgan fingerprint density at radius 1 is 1.61 bits per heavy atom. The van der Waals surface area contributed by atoms with Crippen molar-refractivity contribution < 1.29 is 14.3 Å². The molecule has 0 radical (unpaired) electrons. The Kier molecular flexibility index (Phi) is 3.45. The fourth-order valence-electron chi connectivity index (χ4n) is 2.05. The number of anilines is 1. The molecule has 1 aliphatic rings. The molecule has 1 aromatic heterocycles. The zero-order valence-electron chi connectivity index (χ0n) is 10.1. The zero-order chi connectivity index (χ0) is 13.1. The van der Waals surface area contributed by atoms with Gasteiger partial charge < -0.3 is 15.4 Å². The molecule has 1 aliphatic heterocycles. The van der Waals surface area contributed by atoms with Gasteiger partial charge in [-0.3, -0.25) is 4.79 Å². The number of hydrogen-bond donors (Lipinski definition) is 1. The molecule has 2 rings (SSSR count). The number of amides is 1. The smallest absolute Gasteiger partial charge is 0.328 e. The van der Waals surface area contributed by atoms with E-state index in [-0.39, 0.29) is 24.2 Å². The highest BCUT2D eigenvalue weighted by Gasteiger charge is 2.34. The second kappa shape index (κ2) is 5.03. The Morgan fingerprint density at radius 2 is 2.39 bits per heavy atom. The maximum Gasteiger partial charge on any atom is 0.328 e. The van der Waals surface area contributed by atoms with Gasteiger partial charge in [-0.25, -0.2) is 4.79 Å². The number of hydrogen-bond acceptors (Lipinski definition) is 6. The van der Waals surface area contributed by atoms with Gasteiger partial charge >= 0.3 is 5.97 Å². The van der Waals surface area contributed by atoms with E-state index in [1.165, 1.54) is 23.0 Å². The third-order valence-corrected chi connectivity index (χ3v) is 2.88. The van der Waals surface area contributed by atoms with Crippen molar-refractivity contribution in [3.8, 4) is 0 Å². The molecule has 0 aromatic carbocycles. The van der Waals surface area contributed by atoms with Gasteiger partial charge in [-0.1, -0.05) is 0 Å². The number of methoxy groups -OCH3 is 1. The van der Waals surface area contributed by atoms with Crippen LogP contribution in [-0.2, 0) is 20.9 Å². The number of ether oxygens (including phenoxy) is 1. The van der Waals surface area contributed by atoms with Crippen LogP contribution < -0.4 is 5.73 Å². The first-order valence-corrected chi connectivity index (χ1v) is 5.64. The summed E-state index contributed by atoms with van der Waals surface area (Å²) >= 11 is 0. The Morgan fingerprint density at radius 3 is 3.00 bits per heavy atom. The molecule has 1 unspecified atom stereocenters. The van der Waals surface area contributed by atoms with Crippen LogP contribution in [0.4, 0.5) is 5.82 Å². The minimum Gasteiger partial charge on any atom is -0.467 e. The molecule has 1 aromatic rings. The Labute approximate surface area is 104 Å². The molecule has 1 atom stereocenters. The largest absolute Gasteiger partial charge is 0.467 e. The molecule has 0 saturated carbocycles. The molecule has 8 nitrogen and oxygen atoms in total. The highest BCUT2D eigenvalue weighted by Crippen LogP contribution is 2.18. The van der Waals surface area contributed by atoms with Gasteiger partial charge in [-0.05, 0) is 12.8 Å². The number of carbonyl (C=O) groups is 2. The lowest BCUT2D eigenvalue weighted by atomic mass is 10.2. The first kappa shape index (κ1) is 12.3. The summed E-state index contributed by atoms with van der Waals surface area (Å²) in [7, 11) is 1.32. The van der Waals surface area contributed by atoms with Crippen molar-refractivity contribution in [1.29, 1.82) is 0 Å². The average Bonchev–Trinajstić information content (AvgIpc) is 2.97. The van der Waals surface area contributed by atoms with Gasteiger partial charge in [-0.2, -0.15) is 9.90 Å². The van der Waals surface area contributed by atoms with Crippen LogP contribution in [-0.4, -0.2) is 51.5 Å². The molecule has 2 N–H and O–H groups in total. The predicted octanol–water partition coefficient (Wildman–Crippen LogP) is -0.976. The molecule has 98 valence electrons. The molecule has 1 saturated heterocycles. The van der Waals surface area contributed by atoms with Crippen LogP contribution >= 0.6 is 0 Å². The summed E-state index contributed by atoms with van der Waals surface area (Å²) in [4.78, 5) is 26.3. The maximum absolute atomic E-state index is 12.0. The summed E-state index contributed by atoms with van der Waals surface area (Å²) in [5.74, 6) is -0.332. The summed E-state index contributed by atoms with van der Waals surface area (Å²) in [5.41, 5.74) is 5.41. The van der Waals surface area contributed by atoms with Crippen molar-refractivity contribution in [2.24, 2.45) is 0 Å². The van der Waals surface area contributed by atoms with Gasteiger partial charge in [0.05, 0.1) is 13.3 Å². The number of rotatable bonds is 3. The van der Waals surface area contributed by atoms with E-state index in [2.05, 4.69) is 14.9 Å². The van der Waals surface area contributed by atoms with Crippen molar-refractivity contribution in [1.82, 2.24) is 19.9 Å². The van der Waals surface area contributed by atoms with E-state index in [9.17, 15) is 9.59 Å². The van der Waals surface area contributed by atoms with Crippen molar-refractivity contribution in [2.75, 3.05) is 19.4 Å². The number of nitrogens with two attached hydrogens (primary N) is 1. The summed E-state index contributed by atoms with van der Waals surface area (Å²) < 4.78 is 4.68. The molecule has 1 fully saturated rings. The first-order chi connectivity index (χ1) is 8.61. The molecule has 0 aliphatic carbocycles. The van der Waals surface area contributed by atoms with Crippen LogP contribution in [0.1, 0.15) is 12.8 Å². The zero-order valence-corrected chi connectivity index (χ0v) is 10.1. The highest BCUT2D eigenvalue weighted by atomic mass is 16.5. The third-order valence-electron chi connectivity index (χ3n) is 2.88. The second-order valence-corrected chi connectivity index (χ2v) is 4.07. The molecule has 8 heteroatoms. The van der Waals surface area contributed by atoms with Gasteiger partial charge in [0.1, 0.15) is 12.6 Å². The lowest BCUT2D eigenvalue weighted by Gasteiger charge is -2.22. The number of aromatic nitrogens is 3. The van der Waals surface area contributed by atoms with E-state index >= 15 is 0 Å². The topological polar surface area (TPSA) is 103 Å². The van der Waals surface area contributed by atoms with Crippen molar-refractivity contribution in [3.63, 3.8) is 0 Å². The molecule has 18 heavy (non-hydrogen) atoms. The van der Waals surface area contributed by atoms with Crippen LogP contribution in [0.25, 0.3) is 0 Å². The summed E-state index contributed by atoms with van der Waals surface area (Å²) in [5, 5.41) is 7.67. The molecule has 0 spiro atoms. The van der Waals surface area contributed by atoms with E-state index < -0.39 is 6.04 Å². The second-order valence-electron chi connectivity index (χ2n) is 4.07. The number of likely N-dealkylation sites (tertiary alicyclic amines) is 1. The summed E-state index contributed by atoms with van der Waals surface area (Å²) in [6.07, 6.45) is 2.79. The number of esters is 1. The molecule has 1 amide bonds. The van der Waals surface area contributed by atoms with Gasteiger partial charge in [0.2, 0.25) is 5.91 Å². The third kappa shape index (κ3) is 2.41. The molecule has 0 bridgehead atoms. The molecular formula is C10H15N5O3. The van der Waals surface area contributed by atoms with Crippen LogP contribution in [0.15, 0.2) is 6.20 Å². The number of nitrogens with zero attached hydrogens (tertiary/aromatic N) is 4. The lowest BCUT2D eigenvalue weighted by molar-refractivity contribution is -0.151. The van der Waals surface area contributed by atoms with Crippen molar-refractivity contribution >= 4 is 17.7 Å². The average molecular weight is 253 g/mol. The normalized spacial score (nSPS) is 18.9. The minimum atomic E-state index is -0.490. The van der Waals surface area contributed by atoms with E-state index in [0.717, 1.165) is 6.42 Å². The van der Waals surface area contributed by atoms with E-state index in [4.69, 9.17) is 5.73 Å². The Balaban J connectivity index is 2.02. The summed E-state index contributed by atoms with van der Waals surface area (Å²) in [6, 6.07) is -0.490. The standard InChI is InChI=1S/C10H15N5O3/c1-18-10(17)7-3-2-4-14(7)9(16)6-15-12-5-8(11)13-15/h5,7H,2-4,6H2,1H3,(H2,11,13). The van der Waals surface area contributed by atoms with Crippen molar-refractivity contribution in [2.45, 2.75) is 25.4 Å². The van der Waals surface area contributed by atoms with Gasteiger partial charge in [-0.15, -0.1) is 5.10 Å². The monoisotopic (exact) mass is 253 g/mol. The number of carbonyl (C=O) groups excluding carboxylic acids is 2. The van der Waals surface area contributed by atoms with E-state index in [1.807, 2.05) is 0 Å². The van der Waals surface area contributed by atoms with Gasteiger partial charge in [0.15, 0.2) is 5.82 Å². The maximum atomic E-state index is 12.0. The molecule has 2 heterocycles. The quantitative estimate of drug-likeness (QED) is 0.695. The number of nitrogen functional groups attached to an aromatic ring is 1. The summed E-state index contributed by atoms with van der Waals surface area (Å²) in [6.45, 7) is 0.528. The van der Waals surface area contributed by atoms with Crippen LogP contribution in [0.3, 0.4) is 0 Å². The fraction of sp³-hybridized carbons (Fsp3) is 0.600. The van der Waals surface area contributed by atoms with Gasteiger partial charge in [0, 0.05) is 6.54 Å². The fourth-order valence-corrected chi connectivity index (χ4v) is 2.05. The van der Waals surface area contributed by atoms with Crippen LogP contribution in [0, 0.1) is 0 Å². The predicted molar refractivity (Wildman–Crippen MR) is 61.2 cm³/mol. The first-order valence-electron chi connectivity index (χ1n) is 5.64. The Hall–Kier alpha value is -2.12. The van der Waals surface area contributed by atoms with E-state index in [0.29, 0.717) is 13.0 Å². The van der Waals surface area contributed by atoms with Crippen LogP contribution in [0.2, 0.25) is 0 Å². The van der Waals surface area contributed by atoms with Gasteiger partial charge in [0.25, 0.3) is 0 Å². The SMILES string of the molecule is COC(=O)C1CCCN1C(=O)Cn1ncc(N)n1. The molecular weight excluding hydrogens is 238 g/mol. The lowest BCUT2D eigenvalue weighted by Crippen LogP contribution is -2.42. The van der Waals surface area contributed by atoms with E-state index in [1.54, 1.807) is 0 Å².